The summed E-state index contributed by atoms with van der Waals surface area (Å²) in [6.45, 7) is 3.16. The number of ether oxygens (including phenoxy) is 1. The van der Waals surface area contributed by atoms with E-state index in [4.69, 9.17) is 15.6 Å². The molecule has 96 valence electrons. The van der Waals surface area contributed by atoms with Crippen LogP contribution in [-0.4, -0.2) is 43.9 Å². The summed E-state index contributed by atoms with van der Waals surface area (Å²) in [4.78, 5) is 11.5. The van der Waals surface area contributed by atoms with Crippen LogP contribution < -0.4 is 11.1 Å². The van der Waals surface area contributed by atoms with Gasteiger partial charge in [-0.25, -0.2) is 0 Å². The van der Waals surface area contributed by atoms with E-state index >= 15 is 0 Å². The fourth-order valence-corrected chi connectivity index (χ4v) is 1.43. The zero-order valence-corrected chi connectivity index (χ0v) is 10.2. The molecule has 0 aromatic heterocycles. The number of rotatable bonds is 9. The maximum absolute atomic E-state index is 11.5. The van der Waals surface area contributed by atoms with E-state index in [2.05, 4.69) is 5.32 Å². The molecule has 0 bridgehead atoms. The molecule has 2 atom stereocenters. The van der Waals surface area contributed by atoms with Crippen LogP contribution in [0.2, 0.25) is 0 Å². The molecular formula is C11H24N2O3. The third-order valence-corrected chi connectivity index (χ3v) is 2.71. The van der Waals surface area contributed by atoms with E-state index in [1.807, 2.05) is 6.92 Å². The van der Waals surface area contributed by atoms with Crippen LogP contribution in [0.5, 0.6) is 0 Å². The summed E-state index contributed by atoms with van der Waals surface area (Å²) in [5, 5.41) is 11.6. The number of amides is 1. The van der Waals surface area contributed by atoms with Crippen LogP contribution in [0, 0.1) is 5.92 Å². The Morgan fingerprint density at radius 3 is 2.69 bits per heavy atom. The molecule has 0 saturated heterocycles. The zero-order chi connectivity index (χ0) is 12.4. The molecule has 4 N–H and O–H groups in total. The fraction of sp³-hybridized carbons (Fsp3) is 0.909. The predicted octanol–water partition coefficient (Wildman–Crippen LogP) is -0.125. The molecular weight excluding hydrogens is 208 g/mol. The highest BCUT2D eigenvalue weighted by atomic mass is 16.5. The van der Waals surface area contributed by atoms with Crippen LogP contribution in [-0.2, 0) is 9.53 Å². The van der Waals surface area contributed by atoms with Gasteiger partial charge in [-0.3, -0.25) is 4.79 Å². The Bertz CT molecular complexity index is 184. The first-order chi connectivity index (χ1) is 7.67. The number of nitrogens with two attached hydrogens (primary N) is 1. The monoisotopic (exact) mass is 232 g/mol. The summed E-state index contributed by atoms with van der Waals surface area (Å²) < 4.78 is 5.02. The topological polar surface area (TPSA) is 84.6 Å². The molecule has 16 heavy (non-hydrogen) atoms. The van der Waals surface area contributed by atoms with Gasteiger partial charge in [-0.2, -0.15) is 0 Å². The van der Waals surface area contributed by atoms with Gasteiger partial charge in [0.25, 0.3) is 0 Å². The van der Waals surface area contributed by atoms with Crippen molar-refractivity contribution < 1.29 is 14.6 Å². The number of aliphatic hydroxyl groups is 1. The second-order valence-corrected chi connectivity index (χ2v) is 3.89. The van der Waals surface area contributed by atoms with Crippen LogP contribution >= 0.6 is 0 Å². The third-order valence-electron chi connectivity index (χ3n) is 2.71. The van der Waals surface area contributed by atoms with Gasteiger partial charge in [0.05, 0.1) is 12.5 Å². The predicted molar refractivity (Wildman–Crippen MR) is 63.0 cm³/mol. The Morgan fingerprint density at radius 1 is 1.56 bits per heavy atom. The van der Waals surface area contributed by atoms with Gasteiger partial charge in [-0.05, 0) is 12.3 Å². The first-order valence-electron chi connectivity index (χ1n) is 5.78. The highest BCUT2D eigenvalue weighted by molar-refractivity contribution is 5.76. The van der Waals surface area contributed by atoms with Gasteiger partial charge in [0.2, 0.25) is 5.91 Å². The molecule has 0 fully saturated rings. The standard InChI is InChI=1S/C11H24N2O3/c1-3-9(4-5-14)8-13-11(15)6-10(7-12)16-2/h9-10,14H,3-8,12H2,1-2H3,(H,13,15). The smallest absolute Gasteiger partial charge is 0.222 e. The molecule has 5 nitrogen and oxygen atoms in total. The number of methoxy groups -OCH3 is 1. The Balaban J connectivity index is 3.78. The lowest BCUT2D eigenvalue weighted by atomic mass is 10.0. The number of carbonyl (C=O) groups is 1. The van der Waals surface area contributed by atoms with Gasteiger partial charge in [-0.15, -0.1) is 0 Å². The largest absolute Gasteiger partial charge is 0.396 e. The van der Waals surface area contributed by atoms with Crippen LogP contribution in [0.3, 0.4) is 0 Å². The first kappa shape index (κ1) is 15.3. The summed E-state index contributed by atoms with van der Waals surface area (Å²) in [6, 6.07) is 0. The van der Waals surface area contributed by atoms with Crippen molar-refractivity contribution in [3.63, 3.8) is 0 Å². The van der Waals surface area contributed by atoms with E-state index in [0.717, 1.165) is 12.8 Å². The Kier molecular flexibility index (Phi) is 9.18. The quantitative estimate of drug-likeness (QED) is 0.517. The van der Waals surface area contributed by atoms with E-state index in [1.165, 1.54) is 0 Å². The van der Waals surface area contributed by atoms with Gasteiger partial charge in [0.1, 0.15) is 0 Å². The second-order valence-electron chi connectivity index (χ2n) is 3.89. The van der Waals surface area contributed by atoms with E-state index < -0.39 is 0 Å². The van der Waals surface area contributed by atoms with E-state index in [-0.39, 0.29) is 18.6 Å². The minimum Gasteiger partial charge on any atom is -0.396 e. The highest BCUT2D eigenvalue weighted by Crippen LogP contribution is 2.05. The minimum atomic E-state index is -0.210. The summed E-state index contributed by atoms with van der Waals surface area (Å²) in [5.74, 6) is 0.293. The van der Waals surface area contributed by atoms with Gasteiger partial charge >= 0.3 is 0 Å². The summed E-state index contributed by atoms with van der Waals surface area (Å²) in [7, 11) is 1.55. The number of nitrogens with one attached hydrogen (secondary N) is 1. The normalized spacial score (nSPS) is 14.5. The van der Waals surface area contributed by atoms with E-state index in [0.29, 0.717) is 25.4 Å². The highest BCUT2D eigenvalue weighted by Gasteiger charge is 2.12. The van der Waals surface area contributed by atoms with Crippen LogP contribution in [0.1, 0.15) is 26.2 Å². The maximum Gasteiger partial charge on any atom is 0.222 e. The number of aliphatic hydroxyl groups excluding tert-OH is 1. The van der Waals surface area contributed by atoms with Crippen molar-refractivity contribution in [2.45, 2.75) is 32.3 Å². The Labute approximate surface area is 97.3 Å². The van der Waals surface area contributed by atoms with E-state index in [9.17, 15) is 4.79 Å². The van der Waals surface area contributed by atoms with Gasteiger partial charge in [-0.1, -0.05) is 13.3 Å². The van der Waals surface area contributed by atoms with Gasteiger partial charge in [0, 0.05) is 26.8 Å². The molecule has 0 aromatic carbocycles. The average molecular weight is 232 g/mol. The van der Waals surface area contributed by atoms with Crippen molar-refractivity contribution in [1.82, 2.24) is 5.32 Å². The molecule has 0 saturated carbocycles. The number of carbonyl (C=O) groups excluding carboxylic acids is 1. The lowest BCUT2D eigenvalue weighted by Gasteiger charge is -2.16. The SMILES string of the molecule is CCC(CCO)CNC(=O)CC(CN)OC. The molecule has 0 aromatic rings. The number of hydrogen-bond donors (Lipinski definition) is 3. The fourth-order valence-electron chi connectivity index (χ4n) is 1.43. The minimum absolute atomic E-state index is 0.0475. The second kappa shape index (κ2) is 9.57. The molecule has 0 aliphatic carbocycles. The molecule has 0 aliphatic heterocycles. The molecule has 0 aliphatic rings. The number of hydrogen-bond acceptors (Lipinski definition) is 4. The molecule has 0 spiro atoms. The summed E-state index contributed by atoms with van der Waals surface area (Å²) in [5.41, 5.74) is 5.42. The molecule has 1 amide bonds. The van der Waals surface area contributed by atoms with Crippen molar-refractivity contribution >= 4 is 5.91 Å². The Hall–Kier alpha value is -0.650. The van der Waals surface area contributed by atoms with Crippen molar-refractivity contribution in [1.29, 1.82) is 0 Å². The Morgan fingerprint density at radius 2 is 2.25 bits per heavy atom. The summed E-state index contributed by atoms with van der Waals surface area (Å²) in [6.07, 6.45) is 1.76. The van der Waals surface area contributed by atoms with Crippen molar-refractivity contribution in [3.05, 3.63) is 0 Å². The van der Waals surface area contributed by atoms with Crippen LogP contribution in [0.4, 0.5) is 0 Å². The molecule has 0 heterocycles. The van der Waals surface area contributed by atoms with Crippen LogP contribution in [0.15, 0.2) is 0 Å². The zero-order valence-electron chi connectivity index (χ0n) is 10.2. The third kappa shape index (κ3) is 6.76. The van der Waals surface area contributed by atoms with Crippen molar-refractivity contribution in [2.75, 3.05) is 26.8 Å². The van der Waals surface area contributed by atoms with Crippen LogP contribution in [0.25, 0.3) is 0 Å². The van der Waals surface area contributed by atoms with Gasteiger partial charge < -0.3 is 20.9 Å². The lowest BCUT2D eigenvalue weighted by Crippen LogP contribution is -2.34. The maximum atomic E-state index is 11.5. The lowest BCUT2D eigenvalue weighted by molar-refractivity contribution is -0.123. The molecule has 0 radical (unpaired) electrons. The van der Waals surface area contributed by atoms with Crippen molar-refractivity contribution in [2.24, 2.45) is 11.7 Å². The summed E-state index contributed by atoms with van der Waals surface area (Å²) >= 11 is 0. The van der Waals surface area contributed by atoms with E-state index in [1.54, 1.807) is 7.11 Å². The molecule has 0 rings (SSSR count). The first-order valence-corrected chi connectivity index (χ1v) is 5.78. The van der Waals surface area contributed by atoms with Crippen molar-refractivity contribution in [3.8, 4) is 0 Å². The molecule has 5 heteroatoms. The van der Waals surface area contributed by atoms with Gasteiger partial charge in [0.15, 0.2) is 0 Å². The average Bonchev–Trinajstić information content (AvgIpc) is 2.31. The molecule has 2 unspecified atom stereocenters.